The standard InChI is InChI=1S/C16H18ClN3O3.ClH/c17-12-3-1-2-11(6-12)15-7-14(23-20-15)10-19-16(21)8-13-9-18-4-5-22-13;/h1-3,6-7,13,18H,4-5,8-10H2,(H,19,21);1H. The highest BCUT2D eigenvalue weighted by Gasteiger charge is 2.17. The SMILES string of the molecule is Cl.O=C(CC1CNCCO1)NCc1cc(-c2cccc(Cl)c2)no1. The van der Waals surface area contributed by atoms with Gasteiger partial charge in [-0.3, -0.25) is 4.79 Å². The molecule has 0 radical (unpaired) electrons. The van der Waals surface area contributed by atoms with Crippen LogP contribution in [0.1, 0.15) is 12.2 Å². The maximum absolute atomic E-state index is 11.9. The molecule has 0 bridgehead atoms. The lowest BCUT2D eigenvalue weighted by Gasteiger charge is -2.22. The zero-order valence-electron chi connectivity index (χ0n) is 13.0. The van der Waals surface area contributed by atoms with Crippen molar-refractivity contribution in [2.45, 2.75) is 19.1 Å². The number of morpholine rings is 1. The second-order valence-electron chi connectivity index (χ2n) is 5.37. The summed E-state index contributed by atoms with van der Waals surface area (Å²) < 4.78 is 10.8. The minimum atomic E-state index is -0.0700. The van der Waals surface area contributed by atoms with Crippen molar-refractivity contribution in [3.63, 3.8) is 0 Å². The first-order valence-electron chi connectivity index (χ1n) is 7.51. The summed E-state index contributed by atoms with van der Waals surface area (Å²) in [7, 11) is 0. The highest BCUT2D eigenvalue weighted by Crippen LogP contribution is 2.22. The summed E-state index contributed by atoms with van der Waals surface area (Å²) in [4.78, 5) is 11.9. The van der Waals surface area contributed by atoms with Gasteiger partial charge in [0.15, 0.2) is 5.76 Å². The van der Waals surface area contributed by atoms with E-state index in [1.54, 1.807) is 12.1 Å². The fourth-order valence-corrected chi connectivity index (χ4v) is 2.59. The number of ether oxygens (including phenoxy) is 1. The lowest BCUT2D eigenvalue weighted by molar-refractivity contribution is -0.124. The van der Waals surface area contributed by atoms with Gasteiger partial charge in [-0.1, -0.05) is 28.9 Å². The van der Waals surface area contributed by atoms with Gasteiger partial charge in [0.2, 0.25) is 5.91 Å². The first-order valence-corrected chi connectivity index (χ1v) is 7.89. The van der Waals surface area contributed by atoms with Crippen molar-refractivity contribution in [2.75, 3.05) is 19.7 Å². The van der Waals surface area contributed by atoms with Crippen molar-refractivity contribution in [3.05, 3.63) is 41.1 Å². The van der Waals surface area contributed by atoms with Gasteiger partial charge >= 0.3 is 0 Å². The van der Waals surface area contributed by atoms with E-state index in [2.05, 4.69) is 15.8 Å². The number of hydrogen-bond donors (Lipinski definition) is 2. The van der Waals surface area contributed by atoms with Crippen LogP contribution in [0.4, 0.5) is 0 Å². The zero-order chi connectivity index (χ0) is 16.1. The number of nitrogens with zero attached hydrogens (tertiary/aromatic N) is 1. The van der Waals surface area contributed by atoms with Crippen LogP contribution in [0.15, 0.2) is 34.9 Å². The second-order valence-corrected chi connectivity index (χ2v) is 5.80. The van der Waals surface area contributed by atoms with E-state index in [0.29, 0.717) is 42.6 Å². The number of hydrogen-bond acceptors (Lipinski definition) is 5. The Hall–Kier alpha value is -1.60. The largest absolute Gasteiger partial charge is 0.375 e. The molecule has 3 rings (SSSR count). The number of halogens is 2. The van der Waals surface area contributed by atoms with Gasteiger partial charge in [-0.2, -0.15) is 0 Å². The maximum atomic E-state index is 11.9. The number of nitrogens with one attached hydrogen (secondary N) is 2. The number of carbonyl (C=O) groups is 1. The molecule has 2 N–H and O–H groups in total. The molecule has 130 valence electrons. The predicted octanol–water partition coefficient (Wildman–Crippen LogP) is 2.41. The molecule has 6 nitrogen and oxygen atoms in total. The number of benzene rings is 1. The molecule has 1 aromatic carbocycles. The molecule has 1 aromatic heterocycles. The monoisotopic (exact) mass is 371 g/mol. The Morgan fingerprint density at radius 2 is 2.29 bits per heavy atom. The van der Waals surface area contributed by atoms with Crippen LogP contribution >= 0.6 is 24.0 Å². The van der Waals surface area contributed by atoms with Crippen LogP contribution < -0.4 is 10.6 Å². The van der Waals surface area contributed by atoms with E-state index in [4.69, 9.17) is 20.9 Å². The molecule has 0 saturated carbocycles. The molecule has 24 heavy (non-hydrogen) atoms. The van der Waals surface area contributed by atoms with Gasteiger partial charge in [-0.15, -0.1) is 12.4 Å². The van der Waals surface area contributed by atoms with Crippen LogP contribution in [0.3, 0.4) is 0 Å². The number of rotatable bonds is 5. The Labute approximate surface area is 151 Å². The van der Waals surface area contributed by atoms with Crippen LogP contribution in [-0.4, -0.2) is 36.9 Å². The summed E-state index contributed by atoms with van der Waals surface area (Å²) in [6, 6.07) is 9.17. The van der Waals surface area contributed by atoms with E-state index >= 15 is 0 Å². The van der Waals surface area contributed by atoms with Crippen molar-refractivity contribution in [2.24, 2.45) is 0 Å². The molecule has 0 spiro atoms. The van der Waals surface area contributed by atoms with Crippen molar-refractivity contribution >= 4 is 29.9 Å². The first kappa shape index (κ1) is 18.7. The van der Waals surface area contributed by atoms with Crippen molar-refractivity contribution in [1.29, 1.82) is 0 Å². The van der Waals surface area contributed by atoms with E-state index in [1.165, 1.54) is 0 Å². The highest BCUT2D eigenvalue weighted by atomic mass is 35.5. The fourth-order valence-electron chi connectivity index (χ4n) is 2.40. The van der Waals surface area contributed by atoms with E-state index in [9.17, 15) is 4.79 Å². The average Bonchev–Trinajstić information content (AvgIpc) is 3.03. The minimum absolute atomic E-state index is 0. The minimum Gasteiger partial charge on any atom is -0.375 e. The second kappa shape index (κ2) is 9.03. The number of carbonyl (C=O) groups excluding carboxylic acids is 1. The van der Waals surface area contributed by atoms with Crippen LogP contribution in [0.2, 0.25) is 5.02 Å². The third-order valence-electron chi connectivity index (χ3n) is 3.56. The fraction of sp³-hybridized carbons (Fsp3) is 0.375. The van der Waals surface area contributed by atoms with E-state index in [-0.39, 0.29) is 24.4 Å². The first-order chi connectivity index (χ1) is 11.2. The van der Waals surface area contributed by atoms with Crippen molar-refractivity contribution in [3.8, 4) is 11.3 Å². The Morgan fingerprint density at radius 3 is 3.04 bits per heavy atom. The van der Waals surface area contributed by atoms with Gasteiger partial charge in [0.1, 0.15) is 5.69 Å². The van der Waals surface area contributed by atoms with Gasteiger partial charge in [0.05, 0.1) is 25.7 Å². The number of amides is 1. The topological polar surface area (TPSA) is 76.4 Å². The summed E-state index contributed by atoms with van der Waals surface area (Å²) in [5.41, 5.74) is 1.57. The van der Waals surface area contributed by atoms with E-state index in [1.807, 2.05) is 18.2 Å². The summed E-state index contributed by atoms with van der Waals surface area (Å²) >= 11 is 5.96. The predicted molar refractivity (Wildman–Crippen MR) is 93.3 cm³/mol. The summed E-state index contributed by atoms with van der Waals surface area (Å²) in [6.07, 6.45) is 0.267. The quantitative estimate of drug-likeness (QED) is 0.843. The van der Waals surface area contributed by atoms with Crippen molar-refractivity contribution in [1.82, 2.24) is 15.8 Å². The average molecular weight is 372 g/mol. The Morgan fingerprint density at radius 1 is 1.42 bits per heavy atom. The van der Waals surface area contributed by atoms with Gasteiger partial charge in [-0.25, -0.2) is 0 Å². The molecule has 1 atom stereocenters. The van der Waals surface area contributed by atoms with Crippen LogP contribution in [0.25, 0.3) is 11.3 Å². The van der Waals surface area contributed by atoms with Crippen LogP contribution in [-0.2, 0) is 16.1 Å². The third kappa shape index (κ3) is 5.21. The third-order valence-corrected chi connectivity index (χ3v) is 3.79. The Kier molecular flexibility index (Phi) is 7.05. The van der Waals surface area contributed by atoms with Gasteiger partial charge in [0.25, 0.3) is 0 Å². The summed E-state index contributed by atoms with van der Waals surface area (Å²) in [6.45, 7) is 2.48. The lowest BCUT2D eigenvalue weighted by Crippen LogP contribution is -2.41. The van der Waals surface area contributed by atoms with Gasteiger partial charge < -0.3 is 19.9 Å². The molecule has 8 heteroatoms. The normalized spacial score (nSPS) is 17.1. The summed E-state index contributed by atoms with van der Waals surface area (Å²) in [5.74, 6) is 0.524. The molecular weight excluding hydrogens is 353 g/mol. The maximum Gasteiger partial charge on any atom is 0.223 e. The molecule has 1 unspecified atom stereocenters. The zero-order valence-corrected chi connectivity index (χ0v) is 14.5. The molecular formula is C16H19Cl2N3O3. The molecule has 0 aliphatic carbocycles. The smallest absolute Gasteiger partial charge is 0.223 e. The highest BCUT2D eigenvalue weighted by molar-refractivity contribution is 6.30. The van der Waals surface area contributed by atoms with Crippen LogP contribution in [0.5, 0.6) is 0 Å². The molecule has 1 aliphatic rings. The van der Waals surface area contributed by atoms with Crippen molar-refractivity contribution < 1.29 is 14.1 Å². The molecule has 1 fully saturated rings. The summed E-state index contributed by atoms with van der Waals surface area (Å²) in [5, 5.41) is 10.7. The lowest BCUT2D eigenvalue weighted by atomic mass is 10.1. The van der Waals surface area contributed by atoms with E-state index < -0.39 is 0 Å². The molecule has 2 heterocycles. The van der Waals surface area contributed by atoms with Gasteiger partial charge in [0, 0.05) is 29.7 Å². The Balaban J connectivity index is 0.00000208. The van der Waals surface area contributed by atoms with E-state index in [0.717, 1.165) is 12.1 Å². The molecule has 1 amide bonds. The molecule has 1 aliphatic heterocycles. The van der Waals surface area contributed by atoms with Crippen LogP contribution in [0, 0.1) is 0 Å². The molecule has 1 saturated heterocycles. The van der Waals surface area contributed by atoms with Gasteiger partial charge in [-0.05, 0) is 12.1 Å². The number of aromatic nitrogens is 1. The molecule has 2 aromatic rings. The Bertz CT molecular complexity index is 672.